The van der Waals surface area contributed by atoms with Crippen molar-refractivity contribution < 1.29 is 20.1 Å². The lowest BCUT2D eigenvalue weighted by Gasteiger charge is -2.10. The third-order valence-corrected chi connectivity index (χ3v) is 1.55. The van der Waals surface area contributed by atoms with Crippen LogP contribution in [0.4, 0.5) is 0 Å². The van der Waals surface area contributed by atoms with Crippen molar-refractivity contribution in [2.75, 3.05) is 6.61 Å². The van der Waals surface area contributed by atoms with Crippen LogP contribution in [0.5, 0.6) is 5.75 Å². The maximum absolute atomic E-state index is 9.00. The molecule has 0 unspecified atom stereocenters. The van der Waals surface area contributed by atoms with E-state index in [4.69, 9.17) is 14.6 Å². The average molecular weight is 210 g/mol. The predicted octanol–water partition coefficient (Wildman–Crippen LogP) is 1.36. The second-order valence-electron chi connectivity index (χ2n) is 2.77. The van der Waals surface area contributed by atoms with Gasteiger partial charge in [0.2, 0.25) is 0 Å². The van der Waals surface area contributed by atoms with E-state index in [-0.39, 0.29) is 5.48 Å². The van der Waals surface area contributed by atoms with Gasteiger partial charge in [-0.3, -0.25) is 4.79 Å². The van der Waals surface area contributed by atoms with Gasteiger partial charge in [0.05, 0.1) is 0 Å². The van der Waals surface area contributed by atoms with Crippen LogP contribution < -0.4 is 4.74 Å². The summed E-state index contributed by atoms with van der Waals surface area (Å²) in [5, 5.41) is 7.42. The average Bonchev–Trinajstić information content (AvgIpc) is 2.17. The molecule has 0 bridgehead atoms. The molecule has 0 radical (unpaired) electrons. The summed E-state index contributed by atoms with van der Waals surface area (Å²) in [6.45, 7) is 1.79. The van der Waals surface area contributed by atoms with Crippen molar-refractivity contribution in [1.29, 1.82) is 0 Å². The van der Waals surface area contributed by atoms with Gasteiger partial charge < -0.3 is 15.3 Å². The van der Waals surface area contributed by atoms with Crippen molar-refractivity contribution >= 4 is 12.0 Å². The molecule has 0 aliphatic carbocycles. The molecule has 0 amide bonds. The molecular formula is C11H14O4. The minimum atomic E-state index is -0.833. The highest BCUT2D eigenvalue weighted by molar-refractivity contribution is 5.63. The van der Waals surface area contributed by atoms with Gasteiger partial charge >= 0.3 is 0 Å². The van der Waals surface area contributed by atoms with Gasteiger partial charge in [-0.2, -0.15) is 0 Å². The van der Waals surface area contributed by atoms with Crippen molar-refractivity contribution in [3.05, 3.63) is 35.9 Å². The Morgan fingerprint density at radius 3 is 2.60 bits per heavy atom. The summed E-state index contributed by atoms with van der Waals surface area (Å²) in [6, 6.07) is 8.03. The van der Waals surface area contributed by atoms with Crippen molar-refractivity contribution in [1.82, 2.24) is 0 Å². The number of carbonyl (C=O) groups is 1. The molecule has 1 heterocycles. The van der Waals surface area contributed by atoms with Crippen LogP contribution in [0.15, 0.2) is 30.3 Å². The number of hydrogen-bond acceptors (Lipinski definition) is 2. The molecule has 0 atom stereocenters. The van der Waals surface area contributed by atoms with Crippen LogP contribution in [-0.4, -0.2) is 23.2 Å². The highest BCUT2D eigenvalue weighted by Crippen LogP contribution is 2.21. The van der Waals surface area contributed by atoms with Crippen LogP contribution in [-0.2, 0) is 4.79 Å². The number of para-hydroxylation sites is 1. The third kappa shape index (κ3) is 4.83. The number of hydrogen-bond donors (Lipinski definition) is 1. The van der Waals surface area contributed by atoms with E-state index in [1.807, 2.05) is 30.3 Å². The Kier molecular flexibility index (Phi) is 5.82. The number of benzene rings is 1. The Morgan fingerprint density at radius 1 is 1.40 bits per heavy atom. The van der Waals surface area contributed by atoms with E-state index < -0.39 is 5.97 Å². The van der Waals surface area contributed by atoms with Crippen LogP contribution >= 0.6 is 0 Å². The Hall–Kier alpha value is -1.81. The largest absolute Gasteiger partial charge is 0.489 e. The van der Waals surface area contributed by atoms with Crippen LogP contribution in [0.1, 0.15) is 12.5 Å². The van der Waals surface area contributed by atoms with E-state index in [0.717, 1.165) is 12.7 Å². The molecule has 1 aliphatic rings. The summed E-state index contributed by atoms with van der Waals surface area (Å²) in [6.07, 6.45) is 4.10. The van der Waals surface area contributed by atoms with E-state index in [9.17, 15) is 0 Å². The summed E-state index contributed by atoms with van der Waals surface area (Å²) in [4.78, 5) is 9.00. The quantitative estimate of drug-likeness (QED) is 0.702. The summed E-state index contributed by atoms with van der Waals surface area (Å²) in [5.74, 6) is 0.157. The maximum atomic E-state index is 9.00. The van der Waals surface area contributed by atoms with Crippen molar-refractivity contribution in [3.63, 3.8) is 0 Å². The summed E-state index contributed by atoms with van der Waals surface area (Å²) in [7, 11) is 0. The van der Waals surface area contributed by atoms with E-state index in [1.54, 1.807) is 0 Å². The molecule has 15 heavy (non-hydrogen) atoms. The van der Waals surface area contributed by atoms with Crippen molar-refractivity contribution in [2.45, 2.75) is 6.92 Å². The smallest absolute Gasteiger partial charge is 0.300 e. The van der Waals surface area contributed by atoms with Gasteiger partial charge in [0.1, 0.15) is 12.4 Å². The van der Waals surface area contributed by atoms with E-state index in [2.05, 4.69) is 6.08 Å². The van der Waals surface area contributed by atoms with Crippen LogP contribution in [0.2, 0.25) is 0 Å². The van der Waals surface area contributed by atoms with Gasteiger partial charge in [-0.15, -0.1) is 0 Å². The van der Waals surface area contributed by atoms with Gasteiger partial charge in [-0.05, 0) is 12.1 Å². The molecule has 3 N–H and O–H groups in total. The topological polar surface area (TPSA) is 78.0 Å². The molecule has 0 aromatic heterocycles. The predicted molar refractivity (Wildman–Crippen MR) is 57.9 cm³/mol. The van der Waals surface area contributed by atoms with Gasteiger partial charge in [0.15, 0.2) is 0 Å². The highest BCUT2D eigenvalue weighted by atomic mass is 16.5. The number of ether oxygens (including phenoxy) is 1. The monoisotopic (exact) mass is 210 g/mol. The SMILES string of the molecule is C1=Cc2ccccc2OC1.CC(=O)O.O. The standard InChI is InChI=1S/C9H8O.C2H4O2.H2O/c1-2-6-9-8(4-1)5-3-7-10-9;1-2(3)4;/h1-6H,7H2;1H3,(H,3,4);1H2. The van der Waals surface area contributed by atoms with Crippen LogP contribution in [0.3, 0.4) is 0 Å². The van der Waals surface area contributed by atoms with Crippen LogP contribution in [0, 0.1) is 0 Å². The summed E-state index contributed by atoms with van der Waals surface area (Å²) in [5.41, 5.74) is 1.17. The molecule has 4 heteroatoms. The Bertz CT molecular complexity index is 340. The first-order valence-corrected chi connectivity index (χ1v) is 4.28. The fourth-order valence-corrected chi connectivity index (χ4v) is 1.06. The van der Waals surface area contributed by atoms with Gasteiger partial charge in [0, 0.05) is 12.5 Å². The first-order chi connectivity index (χ1) is 6.70. The fraction of sp³-hybridized carbons (Fsp3) is 0.182. The molecule has 1 aromatic rings. The summed E-state index contributed by atoms with van der Waals surface area (Å²) >= 11 is 0. The summed E-state index contributed by atoms with van der Waals surface area (Å²) < 4.78 is 5.34. The first-order valence-electron chi connectivity index (χ1n) is 4.28. The fourth-order valence-electron chi connectivity index (χ4n) is 1.06. The molecule has 2 rings (SSSR count). The normalized spacial score (nSPS) is 11.0. The molecule has 0 saturated heterocycles. The van der Waals surface area contributed by atoms with E-state index in [0.29, 0.717) is 6.61 Å². The Morgan fingerprint density at radius 2 is 2.00 bits per heavy atom. The molecule has 82 valence electrons. The van der Waals surface area contributed by atoms with Gasteiger partial charge in [-0.1, -0.05) is 24.3 Å². The molecule has 0 spiro atoms. The molecule has 1 aliphatic heterocycles. The lowest BCUT2D eigenvalue weighted by Crippen LogP contribution is -1.98. The van der Waals surface area contributed by atoms with E-state index in [1.165, 1.54) is 5.56 Å². The zero-order valence-electron chi connectivity index (χ0n) is 8.43. The zero-order chi connectivity index (χ0) is 10.4. The van der Waals surface area contributed by atoms with Crippen molar-refractivity contribution in [3.8, 4) is 5.75 Å². The van der Waals surface area contributed by atoms with E-state index >= 15 is 0 Å². The number of fused-ring (bicyclic) bond motifs is 1. The number of aliphatic carboxylic acids is 1. The lowest BCUT2D eigenvalue weighted by molar-refractivity contribution is -0.134. The lowest BCUT2D eigenvalue weighted by atomic mass is 10.1. The molecule has 4 nitrogen and oxygen atoms in total. The minimum Gasteiger partial charge on any atom is -0.489 e. The maximum Gasteiger partial charge on any atom is 0.300 e. The minimum absolute atomic E-state index is 0. The second-order valence-corrected chi connectivity index (χ2v) is 2.77. The number of carboxylic acids is 1. The second kappa shape index (κ2) is 6.62. The number of carboxylic acid groups (broad SMARTS) is 1. The molecule has 1 aromatic carbocycles. The molecule has 0 fully saturated rings. The highest BCUT2D eigenvalue weighted by Gasteiger charge is 2.01. The van der Waals surface area contributed by atoms with Crippen molar-refractivity contribution in [2.24, 2.45) is 0 Å². The van der Waals surface area contributed by atoms with Crippen LogP contribution in [0.25, 0.3) is 6.08 Å². The molecular weight excluding hydrogens is 196 g/mol. The van der Waals surface area contributed by atoms with Gasteiger partial charge in [-0.25, -0.2) is 0 Å². The zero-order valence-corrected chi connectivity index (χ0v) is 8.43. The first kappa shape index (κ1) is 13.2. The Labute approximate surface area is 88.1 Å². The van der Waals surface area contributed by atoms with Gasteiger partial charge in [0.25, 0.3) is 5.97 Å². The Balaban J connectivity index is 0.000000346. The molecule has 0 saturated carbocycles. The third-order valence-electron chi connectivity index (χ3n) is 1.55. The number of rotatable bonds is 0.